The Kier molecular flexibility index (Phi) is 5.00. The summed E-state index contributed by atoms with van der Waals surface area (Å²) >= 11 is 0. The first-order valence-corrected chi connectivity index (χ1v) is 9.01. The molecule has 2 aromatic rings. The number of hydrogen-bond acceptors (Lipinski definition) is 4. The van der Waals surface area contributed by atoms with Crippen molar-refractivity contribution in [3.8, 4) is 0 Å². The Bertz CT molecular complexity index is 889. The largest absolute Gasteiger partial charge is 0.393 e. The first kappa shape index (κ1) is 18.4. The summed E-state index contributed by atoms with van der Waals surface area (Å²) in [6.07, 6.45) is 4.32. The molecule has 0 atom stereocenters. The number of pyridine rings is 1. The molecule has 0 saturated heterocycles. The van der Waals surface area contributed by atoms with Gasteiger partial charge in [-0.25, -0.2) is 0 Å². The minimum absolute atomic E-state index is 0.0277. The minimum atomic E-state index is -0.406. The molecule has 1 fully saturated rings. The summed E-state index contributed by atoms with van der Waals surface area (Å²) in [6.45, 7) is 5.47. The SMILES string of the molecule is Cc1ccn(C2CCC(O)CC2)c(=O)c1C(=O)Nc1c(C)nn(C)c1C. The van der Waals surface area contributed by atoms with E-state index in [9.17, 15) is 14.7 Å². The molecule has 0 radical (unpaired) electrons. The van der Waals surface area contributed by atoms with Gasteiger partial charge in [-0.1, -0.05) is 0 Å². The Morgan fingerprint density at radius 1 is 1.23 bits per heavy atom. The molecule has 1 saturated carbocycles. The molecule has 2 heterocycles. The molecule has 0 unspecified atom stereocenters. The lowest BCUT2D eigenvalue weighted by molar-refractivity contribution is 0.101. The summed E-state index contributed by atoms with van der Waals surface area (Å²) in [7, 11) is 1.82. The molecule has 2 N–H and O–H groups in total. The molecule has 0 aliphatic heterocycles. The van der Waals surface area contributed by atoms with E-state index < -0.39 is 5.91 Å². The van der Waals surface area contributed by atoms with E-state index >= 15 is 0 Å². The smallest absolute Gasteiger partial charge is 0.263 e. The van der Waals surface area contributed by atoms with E-state index in [0.717, 1.165) is 18.5 Å². The zero-order chi connectivity index (χ0) is 19.0. The standard InChI is InChI=1S/C19H26N4O3/c1-11-9-10-23(14-5-7-15(24)8-6-14)19(26)16(11)18(25)20-17-12(2)21-22(4)13(17)3/h9-10,14-15,24H,5-8H2,1-4H3,(H,20,25). The van der Waals surface area contributed by atoms with Crippen molar-refractivity contribution >= 4 is 11.6 Å². The van der Waals surface area contributed by atoms with Crippen molar-refractivity contribution < 1.29 is 9.90 Å². The maximum absolute atomic E-state index is 13.0. The zero-order valence-corrected chi connectivity index (χ0v) is 15.7. The van der Waals surface area contributed by atoms with Gasteiger partial charge in [0.05, 0.1) is 23.2 Å². The van der Waals surface area contributed by atoms with Gasteiger partial charge in [0.2, 0.25) is 0 Å². The first-order valence-electron chi connectivity index (χ1n) is 9.01. The number of aliphatic hydroxyl groups excluding tert-OH is 1. The van der Waals surface area contributed by atoms with E-state index in [1.165, 1.54) is 0 Å². The second kappa shape index (κ2) is 7.07. The van der Waals surface area contributed by atoms with Gasteiger partial charge in [0.15, 0.2) is 0 Å². The summed E-state index contributed by atoms with van der Waals surface area (Å²) in [6, 6.07) is 1.84. The number of carbonyl (C=O) groups is 1. The number of anilines is 1. The van der Waals surface area contributed by atoms with Gasteiger partial charge in [-0.05, 0) is 58.1 Å². The predicted molar refractivity (Wildman–Crippen MR) is 99.6 cm³/mol. The highest BCUT2D eigenvalue weighted by molar-refractivity contribution is 6.05. The molecule has 2 aromatic heterocycles. The van der Waals surface area contributed by atoms with Crippen molar-refractivity contribution in [2.75, 3.05) is 5.32 Å². The van der Waals surface area contributed by atoms with Crippen LogP contribution in [-0.2, 0) is 7.05 Å². The summed E-state index contributed by atoms with van der Waals surface area (Å²) < 4.78 is 3.35. The fourth-order valence-corrected chi connectivity index (χ4v) is 3.67. The third kappa shape index (κ3) is 3.31. The van der Waals surface area contributed by atoms with E-state index in [-0.39, 0.29) is 23.3 Å². The molecule has 1 amide bonds. The van der Waals surface area contributed by atoms with E-state index in [0.29, 0.717) is 29.8 Å². The topological polar surface area (TPSA) is 89.2 Å². The van der Waals surface area contributed by atoms with Crippen LogP contribution in [0.5, 0.6) is 0 Å². The van der Waals surface area contributed by atoms with Crippen LogP contribution in [0.4, 0.5) is 5.69 Å². The average molecular weight is 358 g/mol. The van der Waals surface area contributed by atoms with Crippen LogP contribution in [-0.4, -0.2) is 31.5 Å². The molecule has 0 spiro atoms. The van der Waals surface area contributed by atoms with E-state index in [2.05, 4.69) is 10.4 Å². The molecule has 1 aliphatic carbocycles. The van der Waals surface area contributed by atoms with Crippen LogP contribution in [0.15, 0.2) is 17.1 Å². The van der Waals surface area contributed by atoms with Crippen LogP contribution in [0.25, 0.3) is 0 Å². The number of carbonyl (C=O) groups excluding carboxylic acids is 1. The molecule has 3 rings (SSSR count). The fraction of sp³-hybridized carbons (Fsp3) is 0.526. The first-order chi connectivity index (χ1) is 12.3. The number of aryl methyl sites for hydroxylation is 3. The molecule has 7 nitrogen and oxygen atoms in total. The van der Waals surface area contributed by atoms with Gasteiger partial charge < -0.3 is 15.0 Å². The van der Waals surface area contributed by atoms with Crippen LogP contribution >= 0.6 is 0 Å². The van der Waals surface area contributed by atoms with Gasteiger partial charge in [-0.3, -0.25) is 14.3 Å². The molecule has 0 bridgehead atoms. The normalized spacial score (nSPS) is 20.2. The summed E-state index contributed by atoms with van der Waals surface area (Å²) in [4.78, 5) is 25.9. The fourth-order valence-electron chi connectivity index (χ4n) is 3.67. The average Bonchev–Trinajstić information content (AvgIpc) is 2.82. The third-order valence-electron chi connectivity index (χ3n) is 5.36. The Hall–Kier alpha value is -2.41. The highest BCUT2D eigenvalue weighted by Gasteiger charge is 2.25. The van der Waals surface area contributed by atoms with Crippen LogP contribution in [0.1, 0.15) is 59.0 Å². The minimum Gasteiger partial charge on any atom is -0.393 e. The van der Waals surface area contributed by atoms with Crippen LogP contribution in [0.3, 0.4) is 0 Å². The number of aliphatic hydroxyl groups is 1. The second-order valence-electron chi connectivity index (χ2n) is 7.17. The Morgan fingerprint density at radius 2 is 1.88 bits per heavy atom. The van der Waals surface area contributed by atoms with E-state index in [1.54, 1.807) is 22.4 Å². The van der Waals surface area contributed by atoms with Gasteiger partial charge in [0.1, 0.15) is 5.56 Å². The Morgan fingerprint density at radius 3 is 2.46 bits per heavy atom. The monoisotopic (exact) mass is 358 g/mol. The van der Waals surface area contributed by atoms with Crippen molar-refractivity contribution in [2.45, 2.75) is 58.6 Å². The summed E-state index contributed by atoms with van der Waals surface area (Å²) in [5, 5.41) is 16.8. The molecule has 140 valence electrons. The number of aromatic nitrogens is 3. The van der Waals surface area contributed by atoms with Gasteiger partial charge in [0.25, 0.3) is 11.5 Å². The lowest BCUT2D eigenvalue weighted by atomic mass is 9.92. The number of nitrogens with zero attached hydrogens (tertiary/aromatic N) is 3. The highest BCUT2D eigenvalue weighted by atomic mass is 16.3. The molecule has 1 aliphatic rings. The maximum Gasteiger partial charge on any atom is 0.263 e. The molecule has 7 heteroatoms. The summed E-state index contributed by atoms with van der Waals surface area (Å²) in [5.74, 6) is -0.406. The van der Waals surface area contributed by atoms with Crippen molar-refractivity contribution in [3.63, 3.8) is 0 Å². The molecule has 0 aromatic carbocycles. The third-order valence-corrected chi connectivity index (χ3v) is 5.36. The Balaban J connectivity index is 1.93. The van der Waals surface area contributed by atoms with Crippen LogP contribution < -0.4 is 10.9 Å². The van der Waals surface area contributed by atoms with Gasteiger partial charge in [-0.15, -0.1) is 0 Å². The number of rotatable bonds is 3. The second-order valence-corrected chi connectivity index (χ2v) is 7.17. The number of hydrogen-bond donors (Lipinski definition) is 2. The quantitative estimate of drug-likeness (QED) is 0.880. The Labute approximate surface area is 152 Å². The highest BCUT2D eigenvalue weighted by Crippen LogP contribution is 2.27. The van der Waals surface area contributed by atoms with Gasteiger partial charge in [-0.2, -0.15) is 5.10 Å². The number of amides is 1. The van der Waals surface area contributed by atoms with Crippen molar-refractivity contribution in [1.82, 2.24) is 14.3 Å². The van der Waals surface area contributed by atoms with E-state index in [1.807, 2.05) is 27.0 Å². The lowest BCUT2D eigenvalue weighted by Crippen LogP contribution is -2.34. The predicted octanol–water partition coefficient (Wildman–Crippen LogP) is 2.24. The van der Waals surface area contributed by atoms with Crippen LogP contribution in [0, 0.1) is 20.8 Å². The van der Waals surface area contributed by atoms with Crippen LogP contribution in [0.2, 0.25) is 0 Å². The number of nitrogens with one attached hydrogen (secondary N) is 1. The lowest BCUT2D eigenvalue weighted by Gasteiger charge is -2.27. The molecular weight excluding hydrogens is 332 g/mol. The van der Waals surface area contributed by atoms with Crippen molar-refractivity contribution in [1.29, 1.82) is 0 Å². The van der Waals surface area contributed by atoms with Gasteiger partial charge >= 0.3 is 0 Å². The maximum atomic E-state index is 13.0. The van der Waals surface area contributed by atoms with Crippen molar-refractivity contribution in [2.24, 2.45) is 7.05 Å². The zero-order valence-electron chi connectivity index (χ0n) is 15.7. The molecular formula is C19H26N4O3. The summed E-state index contributed by atoms with van der Waals surface area (Å²) in [5.41, 5.74) is 2.75. The van der Waals surface area contributed by atoms with E-state index in [4.69, 9.17) is 0 Å². The van der Waals surface area contributed by atoms with Gasteiger partial charge in [0, 0.05) is 19.3 Å². The van der Waals surface area contributed by atoms with Crippen molar-refractivity contribution in [3.05, 3.63) is 45.1 Å². The molecule has 26 heavy (non-hydrogen) atoms.